The Morgan fingerprint density at radius 3 is 2.08 bits per heavy atom. The number of fused-ring (bicyclic) bond motifs is 5. The summed E-state index contributed by atoms with van der Waals surface area (Å²) in [6.45, 7) is 9.04. The predicted molar refractivity (Wildman–Crippen MR) is 143 cm³/mol. The number of aliphatic hydroxyl groups excluding tert-OH is 1. The third-order valence-corrected chi connectivity index (χ3v) is 12.3. The predicted octanol–water partition coefficient (Wildman–Crippen LogP) is 5.07. The summed E-state index contributed by atoms with van der Waals surface area (Å²) in [6, 6.07) is 0. The Bertz CT molecular complexity index is 1040. The van der Waals surface area contributed by atoms with Crippen molar-refractivity contribution in [3.63, 3.8) is 0 Å². The lowest BCUT2D eigenvalue weighted by Gasteiger charge is -2.62. The molecule has 0 aliphatic heterocycles. The zero-order chi connectivity index (χ0) is 28.1. The molecule has 0 aromatic heterocycles. The van der Waals surface area contributed by atoms with E-state index in [-0.39, 0.29) is 29.3 Å². The van der Waals surface area contributed by atoms with Crippen molar-refractivity contribution >= 4 is 20.8 Å². The van der Waals surface area contributed by atoms with Gasteiger partial charge in [-0.05, 0) is 110 Å². The highest BCUT2D eigenvalue weighted by molar-refractivity contribution is 7.81. The molecule has 3 N–H and O–H groups in total. The molecule has 0 aromatic rings. The number of aliphatic hydroxyl groups is 1. The molecule has 0 radical (unpaired) electrons. The van der Waals surface area contributed by atoms with Gasteiger partial charge in [-0.3, -0.25) is 9.11 Å². The fraction of sp³-hybridized carbons (Fsp3) is 1.00. The smallest absolute Gasteiger partial charge is 0.390 e. The average molecular weight is 581 g/mol. The SMILES string of the molecule is CC(C)CCC[C@@H](COS(=O)(=O)O)[C@H]1CCC2C3CCC4[C@@H](O)[C@H](OS(=O)(=O)O)CC[C@]4(C)C3CC[C@@]21C. The molecule has 4 fully saturated rings. The van der Waals surface area contributed by atoms with Crippen LogP contribution < -0.4 is 0 Å². The summed E-state index contributed by atoms with van der Waals surface area (Å²) < 4.78 is 73.8. The lowest BCUT2D eigenvalue weighted by atomic mass is 9.44. The first-order valence-corrected chi connectivity index (χ1v) is 17.2. The Balaban J connectivity index is 1.51. The van der Waals surface area contributed by atoms with E-state index < -0.39 is 33.0 Å². The van der Waals surface area contributed by atoms with Crippen molar-refractivity contribution in [3.05, 3.63) is 0 Å². The van der Waals surface area contributed by atoms with Crippen molar-refractivity contribution in [2.45, 2.75) is 111 Å². The van der Waals surface area contributed by atoms with E-state index in [4.69, 9.17) is 8.37 Å². The Hall–Kier alpha value is -0.300. The van der Waals surface area contributed by atoms with E-state index in [0.29, 0.717) is 36.0 Å². The highest BCUT2D eigenvalue weighted by atomic mass is 32.3. The first-order chi connectivity index (χ1) is 17.6. The summed E-state index contributed by atoms with van der Waals surface area (Å²) in [7, 11) is -9.11. The highest BCUT2D eigenvalue weighted by Gasteiger charge is 2.62. The molecule has 0 amide bonds. The number of hydrogen-bond donors (Lipinski definition) is 3. The summed E-state index contributed by atoms with van der Waals surface area (Å²) in [4.78, 5) is 0. The second-order valence-corrected chi connectivity index (χ2v) is 15.8. The molecular weight excluding hydrogens is 532 g/mol. The average Bonchev–Trinajstić information content (AvgIpc) is 3.14. The van der Waals surface area contributed by atoms with Gasteiger partial charge in [-0.15, -0.1) is 0 Å². The van der Waals surface area contributed by atoms with Crippen LogP contribution in [0.15, 0.2) is 0 Å². The molecule has 0 bridgehead atoms. The molecule has 0 heterocycles. The molecular formula is C27H48O9S2. The minimum absolute atomic E-state index is 0.0269. The van der Waals surface area contributed by atoms with Gasteiger partial charge in [0, 0.05) is 0 Å². The summed E-state index contributed by atoms with van der Waals surface area (Å²) in [6.07, 6.45) is 8.21. The first kappa shape index (κ1) is 30.7. The van der Waals surface area contributed by atoms with E-state index in [9.17, 15) is 31.0 Å². The van der Waals surface area contributed by atoms with Crippen LogP contribution in [0.4, 0.5) is 0 Å². The van der Waals surface area contributed by atoms with Gasteiger partial charge in [0.2, 0.25) is 0 Å². The van der Waals surface area contributed by atoms with E-state index in [1.54, 1.807) is 0 Å². The van der Waals surface area contributed by atoms with Gasteiger partial charge in [0.05, 0.1) is 12.7 Å². The lowest BCUT2D eigenvalue weighted by molar-refractivity contribution is -0.171. The highest BCUT2D eigenvalue weighted by Crippen LogP contribution is 2.68. The van der Waals surface area contributed by atoms with Gasteiger partial charge in [-0.1, -0.05) is 40.5 Å². The minimum Gasteiger partial charge on any atom is -0.390 e. The molecule has 4 aliphatic carbocycles. The summed E-state index contributed by atoms with van der Waals surface area (Å²) in [5, 5.41) is 11.1. The van der Waals surface area contributed by atoms with Gasteiger partial charge in [-0.25, -0.2) is 8.37 Å². The Morgan fingerprint density at radius 2 is 1.45 bits per heavy atom. The Kier molecular flexibility index (Phi) is 9.01. The fourth-order valence-electron chi connectivity index (χ4n) is 9.74. The quantitative estimate of drug-likeness (QED) is 0.301. The fourth-order valence-corrected chi connectivity index (χ4v) is 10.6. The van der Waals surface area contributed by atoms with Gasteiger partial charge in [0.25, 0.3) is 0 Å². The van der Waals surface area contributed by atoms with Crippen molar-refractivity contribution in [1.82, 2.24) is 0 Å². The van der Waals surface area contributed by atoms with Gasteiger partial charge in [0.15, 0.2) is 0 Å². The molecule has 0 saturated heterocycles. The maximum Gasteiger partial charge on any atom is 0.397 e. The zero-order valence-corrected chi connectivity index (χ0v) is 24.9. The van der Waals surface area contributed by atoms with Crippen LogP contribution in [-0.2, 0) is 29.2 Å². The largest absolute Gasteiger partial charge is 0.397 e. The van der Waals surface area contributed by atoms with Crippen LogP contribution in [0.25, 0.3) is 0 Å². The maximum absolute atomic E-state index is 11.4. The van der Waals surface area contributed by atoms with Crippen LogP contribution in [0.1, 0.15) is 98.3 Å². The first-order valence-electron chi connectivity index (χ1n) is 14.5. The molecule has 4 unspecified atom stereocenters. The maximum atomic E-state index is 11.4. The van der Waals surface area contributed by atoms with Gasteiger partial charge >= 0.3 is 20.8 Å². The van der Waals surface area contributed by atoms with Crippen LogP contribution in [-0.4, -0.2) is 49.9 Å². The standard InChI is InChI=1S/C27H48O9S2/c1-17(2)6-5-7-18(16-35-37(29,30)31)20-10-11-21-19-8-9-23-25(28)24(36-38(32,33)34)13-15-27(23,4)22(19)12-14-26(20,21)3/h17-25,28H,5-16H2,1-4H3,(H,29,30,31)(H,32,33,34)/t18-,19?,20+,21?,22?,23?,24+,25+,26+,27+/m0/s1. The molecule has 11 heteroatoms. The second kappa shape index (κ2) is 11.2. The lowest BCUT2D eigenvalue weighted by Crippen LogP contribution is -2.59. The van der Waals surface area contributed by atoms with E-state index in [1.807, 2.05) is 0 Å². The Labute approximate surface area is 229 Å². The van der Waals surface area contributed by atoms with Crippen molar-refractivity contribution in [3.8, 4) is 0 Å². The topological polar surface area (TPSA) is 147 Å². The van der Waals surface area contributed by atoms with E-state index >= 15 is 0 Å². The van der Waals surface area contributed by atoms with E-state index in [2.05, 4.69) is 27.7 Å². The van der Waals surface area contributed by atoms with Crippen LogP contribution in [0.5, 0.6) is 0 Å². The summed E-state index contributed by atoms with van der Waals surface area (Å²) >= 11 is 0. The normalized spacial score (nSPS) is 42.4. The minimum atomic E-state index is -4.62. The number of rotatable bonds is 10. The molecule has 10 atom stereocenters. The molecule has 4 rings (SSSR count). The van der Waals surface area contributed by atoms with Crippen LogP contribution in [0.3, 0.4) is 0 Å². The zero-order valence-electron chi connectivity index (χ0n) is 23.3. The van der Waals surface area contributed by atoms with Crippen LogP contribution >= 0.6 is 0 Å². The van der Waals surface area contributed by atoms with E-state index in [1.165, 1.54) is 0 Å². The summed E-state index contributed by atoms with van der Waals surface area (Å²) in [5.74, 6) is 2.34. The monoisotopic (exact) mass is 580 g/mol. The Morgan fingerprint density at radius 1 is 0.816 bits per heavy atom. The third-order valence-electron chi connectivity index (χ3n) is 11.4. The van der Waals surface area contributed by atoms with Crippen LogP contribution in [0.2, 0.25) is 0 Å². The van der Waals surface area contributed by atoms with Crippen molar-refractivity contribution in [2.24, 2.45) is 52.3 Å². The molecule has 9 nitrogen and oxygen atoms in total. The van der Waals surface area contributed by atoms with E-state index in [0.717, 1.165) is 64.2 Å². The molecule has 0 aromatic carbocycles. The van der Waals surface area contributed by atoms with Crippen molar-refractivity contribution in [1.29, 1.82) is 0 Å². The van der Waals surface area contributed by atoms with Crippen LogP contribution in [0, 0.1) is 52.3 Å². The molecule has 4 saturated carbocycles. The summed E-state index contributed by atoms with van der Waals surface area (Å²) in [5.41, 5.74) is -0.0507. The van der Waals surface area contributed by atoms with Gasteiger partial charge < -0.3 is 5.11 Å². The van der Waals surface area contributed by atoms with Gasteiger partial charge in [0.1, 0.15) is 6.10 Å². The van der Waals surface area contributed by atoms with Crippen molar-refractivity contribution < 1.29 is 39.4 Å². The second-order valence-electron chi connectivity index (χ2n) is 13.7. The molecule has 4 aliphatic rings. The number of hydrogen-bond acceptors (Lipinski definition) is 7. The molecule has 0 spiro atoms. The molecule has 222 valence electrons. The third kappa shape index (κ3) is 6.29. The van der Waals surface area contributed by atoms with Gasteiger partial charge in [-0.2, -0.15) is 16.8 Å². The molecule has 38 heavy (non-hydrogen) atoms. The van der Waals surface area contributed by atoms with Crippen molar-refractivity contribution in [2.75, 3.05) is 6.61 Å².